The van der Waals surface area contributed by atoms with Crippen molar-refractivity contribution in [3.05, 3.63) is 46.5 Å². The van der Waals surface area contributed by atoms with E-state index >= 15 is 0 Å². The molecule has 0 radical (unpaired) electrons. The maximum absolute atomic E-state index is 12.9. The Morgan fingerprint density at radius 3 is 2.88 bits per heavy atom. The topological polar surface area (TPSA) is 150 Å². The standard InChI is InChI=1S/C22H25ClN2O8/c1-12-8-18-17(33-18)5-3-2-4-13(25-31-11-19(29)24-6-7-26)9-14-20(22(30)32-12)15(27)10-16(28)21(14)23/h2-5,10,12,17-18,26-28H,6-9,11H2,1H3,(H,24,29)/b4-2+,5-3-,25-13+/t12-,17-,18-/m1/s1. The zero-order valence-corrected chi connectivity index (χ0v) is 18.6. The zero-order chi connectivity index (χ0) is 24.0. The van der Waals surface area contributed by atoms with Gasteiger partial charge in [-0.1, -0.05) is 35.0 Å². The molecule has 0 aromatic heterocycles. The summed E-state index contributed by atoms with van der Waals surface area (Å²) in [4.78, 5) is 29.6. The number of allylic oxidation sites excluding steroid dienone is 3. The van der Waals surface area contributed by atoms with Gasteiger partial charge in [-0.3, -0.25) is 4.79 Å². The zero-order valence-electron chi connectivity index (χ0n) is 17.9. The van der Waals surface area contributed by atoms with Gasteiger partial charge in [0.15, 0.2) is 6.61 Å². The SMILES string of the molecule is C[C@@H]1C[C@H]2O[C@@H]2\C=C/C=C/C(=N\OCC(=O)NCCO)Cc2c(Cl)c(O)cc(O)c2C(=O)O1. The van der Waals surface area contributed by atoms with Crippen LogP contribution in [0, 0.1) is 0 Å². The molecule has 2 aliphatic rings. The number of fused-ring (bicyclic) bond motifs is 2. The quantitative estimate of drug-likeness (QED) is 0.282. The minimum atomic E-state index is -0.811. The maximum Gasteiger partial charge on any atom is 0.342 e. The average Bonchev–Trinajstić information content (AvgIpc) is 3.49. The number of benzene rings is 1. The summed E-state index contributed by atoms with van der Waals surface area (Å²) in [5.74, 6) is -2.21. The van der Waals surface area contributed by atoms with Crippen molar-refractivity contribution < 1.29 is 39.2 Å². The number of aliphatic hydroxyl groups is 1. The molecule has 4 N–H and O–H groups in total. The van der Waals surface area contributed by atoms with Crippen LogP contribution in [0.3, 0.4) is 0 Å². The first-order valence-corrected chi connectivity index (χ1v) is 10.7. The summed E-state index contributed by atoms with van der Waals surface area (Å²) in [6, 6.07) is 0.966. The monoisotopic (exact) mass is 480 g/mol. The van der Waals surface area contributed by atoms with Gasteiger partial charge in [0, 0.05) is 25.5 Å². The van der Waals surface area contributed by atoms with Crippen LogP contribution in [0.5, 0.6) is 11.5 Å². The Labute approximate surface area is 195 Å². The number of cyclic esters (lactones) is 1. The predicted molar refractivity (Wildman–Crippen MR) is 118 cm³/mol. The highest BCUT2D eigenvalue weighted by Gasteiger charge is 2.38. The molecule has 0 unspecified atom stereocenters. The number of hydrogen-bond acceptors (Lipinski definition) is 9. The fraction of sp³-hybridized carbons (Fsp3) is 0.409. The number of carbonyl (C=O) groups excluding carboxylic acids is 2. The Hall–Kier alpha value is -3.08. The van der Waals surface area contributed by atoms with Crippen LogP contribution in [0.15, 0.2) is 35.5 Å². The average molecular weight is 481 g/mol. The third-order valence-corrected chi connectivity index (χ3v) is 5.31. The lowest BCUT2D eigenvalue weighted by atomic mass is 9.99. The number of nitrogens with zero attached hydrogens (tertiary/aromatic N) is 1. The first-order valence-electron chi connectivity index (χ1n) is 10.3. The molecule has 0 aliphatic carbocycles. The van der Waals surface area contributed by atoms with Gasteiger partial charge in [0.25, 0.3) is 5.91 Å². The number of rotatable bonds is 5. The number of esters is 1. The summed E-state index contributed by atoms with van der Waals surface area (Å²) < 4.78 is 11.0. The molecule has 1 aromatic carbocycles. The number of ether oxygens (including phenoxy) is 2. The van der Waals surface area contributed by atoms with E-state index in [1.165, 1.54) is 0 Å². The number of phenols is 2. The largest absolute Gasteiger partial charge is 0.507 e. The highest BCUT2D eigenvalue weighted by atomic mass is 35.5. The fourth-order valence-electron chi connectivity index (χ4n) is 3.27. The number of epoxide rings is 1. The van der Waals surface area contributed by atoms with Gasteiger partial charge in [0.05, 0.1) is 23.4 Å². The molecule has 0 bridgehead atoms. The van der Waals surface area contributed by atoms with Gasteiger partial charge in [0.1, 0.15) is 29.3 Å². The van der Waals surface area contributed by atoms with Gasteiger partial charge in [0.2, 0.25) is 0 Å². The molecule has 2 aliphatic heterocycles. The van der Waals surface area contributed by atoms with E-state index in [0.29, 0.717) is 6.42 Å². The Morgan fingerprint density at radius 1 is 1.33 bits per heavy atom. The number of carbonyl (C=O) groups is 2. The van der Waals surface area contributed by atoms with Crippen molar-refractivity contribution >= 4 is 29.2 Å². The molecule has 0 spiro atoms. The third kappa shape index (κ3) is 6.70. The molecule has 178 valence electrons. The summed E-state index contributed by atoms with van der Waals surface area (Å²) in [5.41, 5.74) is 0.130. The molecular formula is C22H25ClN2O8. The predicted octanol–water partition coefficient (Wildman–Crippen LogP) is 1.60. The van der Waals surface area contributed by atoms with Crippen LogP contribution in [0.2, 0.25) is 5.02 Å². The molecule has 33 heavy (non-hydrogen) atoms. The molecule has 1 aromatic rings. The summed E-state index contributed by atoms with van der Waals surface area (Å²) in [6.45, 7) is 1.18. The second kappa shape index (κ2) is 11.2. The van der Waals surface area contributed by atoms with Gasteiger partial charge < -0.3 is 34.9 Å². The van der Waals surface area contributed by atoms with Crippen LogP contribution in [-0.2, 0) is 25.5 Å². The Morgan fingerprint density at radius 2 is 2.12 bits per heavy atom. The lowest BCUT2D eigenvalue weighted by Gasteiger charge is -2.17. The number of amides is 1. The second-order valence-electron chi connectivity index (χ2n) is 7.52. The Balaban J connectivity index is 1.93. The van der Waals surface area contributed by atoms with Gasteiger partial charge in [-0.25, -0.2) is 4.79 Å². The van der Waals surface area contributed by atoms with Crippen molar-refractivity contribution in [1.82, 2.24) is 5.32 Å². The number of hydrogen-bond donors (Lipinski definition) is 4. The van der Waals surface area contributed by atoms with Crippen molar-refractivity contribution in [3.8, 4) is 11.5 Å². The lowest BCUT2D eigenvalue weighted by molar-refractivity contribution is -0.125. The van der Waals surface area contributed by atoms with E-state index in [1.807, 2.05) is 6.08 Å². The van der Waals surface area contributed by atoms with Gasteiger partial charge in [-0.15, -0.1) is 0 Å². The van der Waals surface area contributed by atoms with Crippen molar-refractivity contribution in [2.45, 2.75) is 38.1 Å². The van der Waals surface area contributed by atoms with Crippen LogP contribution < -0.4 is 5.32 Å². The van der Waals surface area contributed by atoms with E-state index in [1.54, 1.807) is 25.2 Å². The van der Waals surface area contributed by atoms with Crippen molar-refractivity contribution in [3.63, 3.8) is 0 Å². The summed E-state index contributed by atoms with van der Waals surface area (Å²) in [7, 11) is 0. The fourth-order valence-corrected chi connectivity index (χ4v) is 3.49. The summed E-state index contributed by atoms with van der Waals surface area (Å²) in [6.07, 6.45) is 6.53. The molecule has 3 rings (SSSR count). The van der Waals surface area contributed by atoms with Gasteiger partial charge >= 0.3 is 5.97 Å². The van der Waals surface area contributed by atoms with Crippen molar-refractivity contribution in [2.24, 2.45) is 5.16 Å². The first kappa shape index (κ1) is 24.6. The maximum atomic E-state index is 12.9. The van der Waals surface area contributed by atoms with Crippen LogP contribution in [-0.4, -0.2) is 71.0 Å². The van der Waals surface area contributed by atoms with Crippen LogP contribution in [0.25, 0.3) is 0 Å². The normalized spacial score (nSPS) is 25.7. The first-order chi connectivity index (χ1) is 15.8. The minimum Gasteiger partial charge on any atom is -0.507 e. The van der Waals surface area contributed by atoms with E-state index < -0.39 is 36.1 Å². The molecule has 1 fully saturated rings. The van der Waals surface area contributed by atoms with Crippen LogP contribution in [0.1, 0.15) is 29.3 Å². The highest BCUT2D eigenvalue weighted by molar-refractivity contribution is 6.33. The number of halogens is 1. The van der Waals surface area contributed by atoms with E-state index in [2.05, 4.69) is 10.5 Å². The van der Waals surface area contributed by atoms with Crippen molar-refractivity contribution in [2.75, 3.05) is 19.8 Å². The van der Waals surface area contributed by atoms with Gasteiger partial charge in [-0.2, -0.15) is 0 Å². The summed E-state index contributed by atoms with van der Waals surface area (Å²) >= 11 is 6.26. The number of phenolic OH excluding ortho intramolecular Hbond substituents is 2. The van der Waals surface area contributed by atoms with Crippen LogP contribution >= 0.6 is 11.6 Å². The number of aromatic hydroxyl groups is 2. The summed E-state index contributed by atoms with van der Waals surface area (Å²) in [5, 5.41) is 35.4. The second-order valence-corrected chi connectivity index (χ2v) is 7.90. The van der Waals surface area contributed by atoms with E-state index in [4.69, 9.17) is 31.0 Å². The number of nitrogens with one attached hydrogen (secondary N) is 1. The lowest BCUT2D eigenvalue weighted by Crippen LogP contribution is -2.29. The highest BCUT2D eigenvalue weighted by Crippen LogP contribution is 2.38. The van der Waals surface area contributed by atoms with Gasteiger partial charge in [-0.05, 0) is 18.6 Å². The minimum absolute atomic E-state index is 0.0791. The van der Waals surface area contributed by atoms with E-state index in [9.17, 15) is 19.8 Å². The number of aliphatic hydroxyl groups excluding tert-OH is 1. The van der Waals surface area contributed by atoms with Crippen molar-refractivity contribution in [1.29, 1.82) is 0 Å². The molecule has 1 amide bonds. The molecule has 2 heterocycles. The molecular weight excluding hydrogens is 456 g/mol. The molecule has 3 atom stereocenters. The third-order valence-electron chi connectivity index (χ3n) is 4.89. The molecule has 11 heteroatoms. The smallest absolute Gasteiger partial charge is 0.342 e. The van der Waals surface area contributed by atoms with E-state index in [0.717, 1.165) is 6.07 Å². The molecule has 10 nitrogen and oxygen atoms in total. The Kier molecular flexibility index (Phi) is 8.32. The van der Waals surface area contributed by atoms with E-state index in [-0.39, 0.29) is 53.6 Å². The molecule has 0 saturated carbocycles. The Bertz CT molecular complexity index is 991. The van der Waals surface area contributed by atoms with Crippen LogP contribution in [0.4, 0.5) is 0 Å². The number of oxime groups is 1. The molecule has 1 saturated heterocycles.